The molecule has 0 spiro atoms. The summed E-state index contributed by atoms with van der Waals surface area (Å²) in [6, 6.07) is 10.0. The summed E-state index contributed by atoms with van der Waals surface area (Å²) in [5, 5.41) is 6.09. The molecular weight excluding hydrogens is 307 g/mol. The van der Waals surface area contributed by atoms with Crippen molar-refractivity contribution in [3.63, 3.8) is 0 Å². The third kappa shape index (κ3) is 5.96. The topological polar surface area (TPSA) is 57.3 Å². The molecule has 0 atom stereocenters. The molecule has 0 aliphatic heterocycles. The van der Waals surface area contributed by atoms with E-state index >= 15 is 0 Å². The summed E-state index contributed by atoms with van der Waals surface area (Å²) in [5.74, 6) is -0.412. The fourth-order valence-corrected chi connectivity index (χ4v) is 2.15. The summed E-state index contributed by atoms with van der Waals surface area (Å²) in [5.41, 5.74) is 2.28. The van der Waals surface area contributed by atoms with E-state index in [4.69, 9.17) is 0 Å². The van der Waals surface area contributed by atoms with Gasteiger partial charge in [-0.05, 0) is 50.3 Å². The first-order chi connectivity index (χ1) is 11.5. The largest absolute Gasteiger partial charge is 0.385 e. The Morgan fingerprint density at radius 3 is 2.62 bits per heavy atom. The molecule has 1 amide bonds. The summed E-state index contributed by atoms with van der Waals surface area (Å²) >= 11 is 0. The van der Waals surface area contributed by atoms with Gasteiger partial charge in [0.05, 0.1) is 0 Å². The molecule has 0 saturated heterocycles. The van der Waals surface area contributed by atoms with Crippen LogP contribution >= 0.6 is 0 Å². The first-order valence-electron chi connectivity index (χ1n) is 7.92. The average Bonchev–Trinajstić information content (AvgIpc) is 2.56. The maximum Gasteiger partial charge on any atom is 0.269 e. The molecule has 0 fully saturated rings. The van der Waals surface area contributed by atoms with Crippen LogP contribution in [0.4, 0.5) is 10.1 Å². The van der Waals surface area contributed by atoms with Gasteiger partial charge < -0.3 is 15.5 Å². The Morgan fingerprint density at radius 1 is 1.17 bits per heavy atom. The first-order valence-corrected chi connectivity index (χ1v) is 7.92. The van der Waals surface area contributed by atoms with Crippen molar-refractivity contribution in [1.82, 2.24) is 15.2 Å². The highest BCUT2D eigenvalue weighted by atomic mass is 19.1. The van der Waals surface area contributed by atoms with Crippen molar-refractivity contribution in [1.29, 1.82) is 0 Å². The lowest BCUT2D eigenvalue weighted by atomic mass is 10.1. The number of hydrogen-bond donors (Lipinski definition) is 2. The Hall–Kier alpha value is -2.47. The third-order valence-corrected chi connectivity index (χ3v) is 3.49. The van der Waals surface area contributed by atoms with Crippen LogP contribution in [0.2, 0.25) is 0 Å². The standard InChI is InChI=1S/C18H23FN4O/c1-23(2)12-11-22-18(24)17-13-16(8-10-21-17)20-9-7-14-3-5-15(19)6-4-14/h3-6,8,10,13H,7,9,11-12H2,1-2H3,(H,20,21)(H,22,24). The van der Waals surface area contributed by atoms with E-state index in [1.54, 1.807) is 24.4 Å². The van der Waals surface area contributed by atoms with E-state index in [-0.39, 0.29) is 11.7 Å². The lowest BCUT2D eigenvalue weighted by Gasteiger charge is -2.11. The van der Waals surface area contributed by atoms with Gasteiger partial charge in [0, 0.05) is 31.5 Å². The number of benzene rings is 1. The van der Waals surface area contributed by atoms with E-state index < -0.39 is 0 Å². The monoisotopic (exact) mass is 330 g/mol. The number of likely N-dealkylation sites (N-methyl/N-ethyl adjacent to an activating group) is 1. The van der Waals surface area contributed by atoms with Crippen molar-refractivity contribution in [3.05, 3.63) is 59.7 Å². The summed E-state index contributed by atoms with van der Waals surface area (Å²) in [4.78, 5) is 18.2. The summed E-state index contributed by atoms with van der Waals surface area (Å²) in [6.07, 6.45) is 2.38. The van der Waals surface area contributed by atoms with E-state index in [1.165, 1.54) is 12.1 Å². The lowest BCUT2D eigenvalue weighted by molar-refractivity contribution is 0.0946. The number of carbonyl (C=O) groups is 1. The van der Waals surface area contributed by atoms with Crippen LogP contribution in [0.15, 0.2) is 42.6 Å². The van der Waals surface area contributed by atoms with Crippen molar-refractivity contribution in [3.8, 4) is 0 Å². The first kappa shape index (κ1) is 17.9. The molecule has 2 rings (SSSR count). The molecule has 0 aliphatic rings. The predicted octanol–water partition coefficient (Wildman–Crippen LogP) is 2.17. The van der Waals surface area contributed by atoms with Crippen molar-refractivity contribution >= 4 is 11.6 Å². The second-order valence-electron chi connectivity index (χ2n) is 5.79. The Balaban J connectivity index is 1.83. The van der Waals surface area contributed by atoms with Crippen molar-refractivity contribution in [2.75, 3.05) is 39.0 Å². The highest BCUT2D eigenvalue weighted by Crippen LogP contribution is 2.09. The molecular formula is C18H23FN4O. The molecule has 128 valence electrons. The number of nitrogens with one attached hydrogen (secondary N) is 2. The maximum atomic E-state index is 12.9. The summed E-state index contributed by atoms with van der Waals surface area (Å²) in [7, 11) is 3.91. The van der Waals surface area contributed by atoms with Crippen LogP contribution in [-0.2, 0) is 6.42 Å². The van der Waals surface area contributed by atoms with E-state index in [9.17, 15) is 9.18 Å². The Labute approximate surface area is 141 Å². The number of hydrogen-bond acceptors (Lipinski definition) is 4. The molecule has 0 saturated carbocycles. The van der Waals surface area contributed by atoms with Crippen LogP contribution in [0.3, 0.4) is 0 Å². The number of anilines is 1. The molecule has 0 radical (unpaired) electrons. The Morgan fingerprint density at radius 2 is 1.92 bits per heavy atom. The normalized spacial score (nSPS) is 10.7. The smallest absolute Gasteiger partial charge is 0.269 e. The minimum atomic E-state index is -0.231. The molecule has 1 heterocycles. The molecule has 0 aliphatic carbocycles. The van der Waals surface area contributed by atoms with Gasteiger partial charge in [-0.25, -0.2) is 4.39 Å². The predicted molar refractivity (Wildman–Crippen MR) is 93.7 cm³/mol. The number of halogens is 1. The highest BCUT2D eigenvalue weighted by molar-refractivity contribution is 5.93. The third-order valence-electron chi connectivity index (χ3n) is 3.49. The van der Waals surface area contributed by atoms with Gasteiger partial charge in [-0.1, -0.05) is 12.1 Å². The number of pyridine rings is 1. The van der Waals surface area contributed by atoms with Crippen LogP contribution in [0.25, 0.3) is 0 Å². The fourth-order valence-electron chi connectivity index (χ4n) is 2.15. The van der Waals surface area contributed by atoms with Crippen molar-refractivity contribution < 1.29 is 9.18 Å². The molecule has 2 aromatic rings. The minimum absolute atomic E-state index is 0.181. The van der Waals surface area contributed by atoms with Crippen LogP contribution in [0.1, 0.15) is 16.1 Å². The number of aromatic nitrogens is 1. The van der Waals surface area contributed by atoms with Crippen LogP contribution in [-0.4, -0.2) is 49.5 Å². The molecule has 0 unspecified atom stereocenters. The van der Waals surface area contributed by atoms with E-state index in [2.05, 4.69) is 15.6 Å². The second kappa shape index (κ2) is 8.98. The molecule has 1 aromatic carbocycles. The van der Waals surface area contributed by atoms with E-state index in [1.807, 2.05) is 25.1 Å². The van der Waals surface area contributed by atoms with Gasteiger partial charge in [0.1, 0.15) is 11.5 Å². The molecule has 24 heavy (non-hydrogen) atoms. The number of amides is 1. The van der Waals surface area contributed by atoms with Gasteiger partial charge in [-0.15, -0.1) is 0 Å². The molecule has 6 heteroatoms. The lowest BCUT2D eigenvalue weighted by Crippen LogP contribution is -2.31. The van der Waals surface area contributed by atoms with Crippen LogP contribution in [0, 0.1) is 5.82 Å². The minimum Gasteiger partial charge on any atom is -0.385 e. The zero-order chi connectivity index (χ0) is 17.4. The highest BCUT2D eigenvalue weighted by Gasteiger charge is 2.07. The number of rotatable bonds is 8. The van der Waals surface area contributed by atoms with Crippen LogP contribution < -0.4 is 10.6 Å². The fraction of sp³-hybridized carbons (Fsp3) is 0.333. The zero-order valence-corrected chi connectivity index (χ0v) is 14.1. The van der Waals surface area contributed by atoms with E-state index in [0.717, 1.165) is 24.2 Å². The van der Waals surface area contributed by atoms with Gasteiger partial charge in [0.15, 0.2) is 0 Å². The van der Waals surface area contributed by atoms with Gasteiger partial charge >= 0.3 is 0 Å². The second-order valence-corrected chi connectivity index (χ2v) is 5.79. The molecule has 2 N–H and O–H groups in total. The quantitative estimate of drug-likeness (QED) is 0.779. The molecule has 1 aromatic heterocycles. The van der Waals surface area contributed by atoms with Gasteiger partial charge in [-0.2, -0.15) is 0 Å². The van der Waals surface area contributed by atoms with Gasteiger partial charge in [0.25, 0.3) is 5.91 Å². The summed E-state index contributed by atoms with van der Waals surface area (Å²) < 4.78 is 12.9. The number of nitrogens with zero attached hydrogens (tertiary/aromatic N) is 2. The van der Waals surface area contributed by atoms with E-state index in [0.29, 0.717) is 18.8 Å². The maximum absolute atomic E-state index is 12.9. The SMILES string of the molecule is CN(C)CCNC(=O)c1cc(NCCc2ccc(F)cc2)ccn1. The van der Waals surface area contributed by atoms with Crippen LogP contribution in [0.5, 0.6) is 0 Å². The Bertz CT molecular complexity index is 658. The van der Waals surface area contributed by atoms with Crippen molar-refractivity contribution in [2.45, 2.75) is 6.42 Å². The van der Waals surface area contributed by atoms with Crippen molar-refractivity contribution in [2.24, 2.45) is 0 Å². The Kier molecular flexibility index (Phi) is 6.69. The average molecular weight is 330 g/mol. The molecule has 5 nitrogen and oxygen atoms in total. The number of carbonyl (C=O) groups excluding carboxylic acids is 1. The van der Waals surface area contributed by atoms with Gasteiger partial charge in [0.2, 0.25) is 0 Å². The summed E-state index contributed by atoms with van der Waals surface area (Å²) in [6.45, 7) is 2.05. The zero-order valence-electron chi connectivity index (χ0n) is 14.1. The molecule has 0 bridgehead atoms. The van der Waals surface area contributed by atoms with Gasteiger partial charge in [-0.3, -0.25) is 9.78 Å².